The number of pyridine rings is 1. The lowest BCUT2D eigenvalue weighted by Crippen LogP contribution is -2.19. The highest BCUT2D eigenvalue weighted by Gasteiger charge is 2.32. The minimum absolute atomic E-state index is 0.157. The van der Waals surface area contributed by atoms with Crippen LogP contribution >= 0.6 is 22.6 Å². The highest BCUT2D eigenvalue weighted by molar-refractivity contribution is 14.1. The van der Waals surface area contributed by atoms with Gasteiger partial charge in [-0.15, -0.1) is 13.2 Å². The van der Waals surface area contributed by atoms with Gasteiger partial charge < -0.3 is 9.84 Å². The maximum absolute atomic E-state index is 11.8. The SMILES string of the molecule is OCc1ccnc(OC(F)(F)F)c1I. The summed E-state index contributed by atoms with van der Waals surface area (Å²) < 4.78 is 39.3. The number of aliphatic hydroxyl groups excluding tert-OH is 1. The third kappa shape index (κ3) is 2.98. The lowest BCUT2D eigenvalue weighted by molar-refractivity contribution is -0.276. The number of alkyl halides is 3. The molecule has 0 spiro atoms. The Hall–Kier alpha value is -0.570. The number of rotatable bonds is 2. The van der Waals surface area contributed by atoms with Gasteiger partial charge in [0.15, 0.2) is 0 Å². The summed E-state index contributed by atoms with van der Waals surface area (Å²) in [5, 5.41) is 8.77. The fourth-order valence-electron chi connectivity index (χ4n) is 0.765. The largest absolute Gasteiger partial charge is 0.574 e. The monoisotopic (exact) mass is 319 g/mol. The molecule has 1 heterocycles. The summed E-state index contributed by atoms with van der Waals surface area (Å²) in [6, 6.07) is 1.42. The van der Waals surface area contributed by atoms with Crippen LogP contribution in [0.3, 0.4) is 0 Å². The Balaban J connectivity index is 2.98. The van der Waals surface area contributed by atoms with Gasteiger partial charge in [-0.05, 0) is 34.2 Å². The van der Waals surface area contributed by atoms with Crippen molar-refractivity contribution < 1.29 is 23.0 Å². The van der Waals surface area contributed by atoms with Crippen molar-refractivity contribution in [3.63, 3.8) is 0 Å². The van der Waals surface area contributed by atoms with Gasteiger partial charge in [0, 0.05) is 6.20 Å². The number of aliphatic hydroxyl groups is 1. The molecule has 0 bridgehead atoms. The Bertz CT molecular complexity index is 329. The maximum atomic E-state index is 11.8. The van der Waals surface area contributed by atoms with Crippen molar-refractivity contribution in [3.05, 3.63) is 21.4 Å². The van der Waals surface area contributed by atoms with Gasteiger partial charge >= 0.3 is 6.36 Å². The molecule has 0 aliphatic rings. The molecule has 78 valence electrons. The number of nitrogens with zero attached hydrogens (tertiary/aromatic N) is 1. The minimum atomic E-state index is -4.76. The van der Waals surface area contributed by atoms with E-state index in [1.807, 2.05) is 0 Å². The van der Waals surface area contributed by atoms with Gasteiger partial charge in [-0.3, -0.25) is 0 Å². The average molecular weight is 319 g/mol. The standard InChI is InChI=1S/C7H5F3INO2/c8-7(9,10)14-6-5(11)4(3-13)1-2-12-6/h1-2,13H,3H2. The quantitative estimate of drug-likeness (QED) is 0.849. The van der Waals surface area contributed by atoms with E-state index in [4.69, 9.17) is 5.11 Å². The van der Waals surface area contributed by atoms with Crippen LogP contribution in [0.5, 0.6) is 5.88 Å². The highest BCUT2D eigenvalue weighted by Crippen LogP contribution is 2.27. The van der Waals surface area contributed by atoms with Crippen LogP contribution in [-0.2, 0) is 6.61 Å². The summed E-state index contributed by atoms with van der Waals surface area (Å²) in [6.45, 7) is -0.352. The molecule has 1 aromatic heterocycles. The molecule has 0 amide bonds. The van der Waals surface area contributed by atoms with Gasteiger partial charge in [-0.1, -0.05) is 0 Å². The number of hydrogen-bond donors (Lipinski definition) is 1. The van der Waals surface area contributed by atoms with E-state index in [2.05, 4.69) is 9.72 Å². The summed E-state index contributed by atoms with van der Waals surface area (Å²) in [5.74, 6) is -0.537. The fraction of sp³-hybridized carbons (Fsp3) is 0.286. The van der Waals surface area contributed by atoms with Crippen LogP contribution < -0.4 is 4.74 Å². The summed E-state index contributed by atoms with van der Waals surface area (Å²) in [4.78, 5) is 3.41. The number of hydrogen-bond acceptors (Lipinski definition) is 3. The Kier molecular flexibility index (Phi) is 3.53. The van der Waals surface area contributed by atoms with Gasteiger partial charge in [-0.2, -0.15) is 0 Å². The van der Waals surface area contributed by atoms with Crippen molar-refractivity contribution in [2.45, 2.75) is 13.0 Å². The van der Waals surface area contributed by atoms with E-state index >= 15 is 0 Å². The predicted molar refractivity (Wildman–Crippen MR) is 49.6 cm³/mol. The zero-order valence-electron chi connectivity index (χ0n) is 6.68. The summed E-state index contributed by atoms with van der Waals surface area (Å²) >= 11 is 1.63. The molecule has 3 nitrogen and oxygen atoms in total. The van der Waals surface area contributed by atoms with Gasteiger partial charge in [-0.25, -0.2) is 4.98 Å². The van der Waals surface area contributed by atoms with Gasteiger partial charge in [0.25, 0.3) is 0 Å². The van der Waals surface area contributed by atoms with Crippen molar-refractivity contribution in [1.29, 1.82) is 0 Å². The molecule has 0 radical (unpaired) electrons. The molecule has 1 N–H and O–H groups in total. The van der Waals surface area contributed by atoms with Gasteiger partial charge in [0.2, 0.25) is 5.88 Å². The average Bonchev–Trinajstić information content (AvgIpc) is 2.06. The molecular formula is C7H5F3INO2. The number of aromatic nitrogens is 1. The first-order valence-corrected chi connectivity index (χ1v) is 4.52. The zero-order chi connectivity index (χ0) is 10.8. The van der Waals surface area contributed by atoms with E-state index in [-0.39, 0.29) is 10.2 Å². The van der Waals surface area contributed by atoms with Crippen LogP contribution in [0.1, 0.15) is 5.56 Å². The highest BCUT2D eigenvalue weighted by atomic mass is 127. The Morgan fingerprint density at radius 3 is 2.64 bits per heavy atom. The van der Waals surface area contributed by atoms with E-state index in [1.54, 1.807) is 22.6 Å². The first kappa shape index (κ1) is 11.5. The van der Waals surface area contributed by atoms with E-state index in [0.29, 0.717) is 5.56 Å². The normalized spacial score (nSPS) is 11.5. The zero-order valence-corrected chi connectivity index (χ0v) is 8.83. The molecule has 0 aromatic carbocycles. The molecule has 0 atom stereocenters. The molecule has 0 aliphatic heterocycles. The third-order valence-electron chi connectivity index (χ3n) is 1.32. The smallest absolute Gasteiger partial charge is 0.392 e. The van der Waals surface area contributed by atoms with Crippen LogP contribution in [-0.4, -0.2) is 16.5 Å². The van der Waals surface area contributed by atoms with Crippen molar-refractivity contribution in [2.75, 3.05) is 0 Å². The van der Waals surface area contributed by atoms with Gasteiger partial charge in [0.05, 0.1) is 10.2 Å². The van der Waals surface area contributed by atoms with Crippen molar-refractivity contribution in [2.24, 2.45) is 0 Å². The summed E-state index contributed by atoms with van der Waals surface area (Å²) in [7, 11) is 0. The first-order valence-electron chi connectivity index (χ1n) is 3.44. The number of ether oxygens (including phenoxy) is 1. The van der Waals surface area contributed by atoms with Crippen molar-refractivity contribution >= 4 is 22.6 Å². The van der Waals surface area contributed by atoms with Crippen LogP contribution in [0.4, 0.5) is 13.2 Å². The fourth-order valence-corrected chi connectivity index (χ4v) is 1.36. The predicted octanol–water partition coefficient (Wildman–Crippen LogP) is 2.08. The topological polar surface area (TPSA) is 42.4 Å². The summed E-state index contributed by atoms with van der Waals surface area (Å²) in [5.41, 5.74) is 0.347. The Morgan fingerprint density at radius 2 is 2.14 bits per heavy atom. The van der Waals surface area contributed by atoms with Crippen LogP contribution in [0.2, 0.25) is 0 Å². The molecule has 1 aromatic rings. The van der Waals surface area contributed by atoms with Crippen LogP contribution in [0.15, 0.2) is 12.3 Å². The molecule has 0 aliphatic carbocycles. The Morgan fingerprint density at radius 1 is 1.50 bits per heavy atom. The van der Waals surface area contributed by atoms with E-state index in [0.717, 1.165) is 6.20 Å². The maximum Gasteiger partial charge on any atom is 0.574 e. The lowest BCUT2D eigenvalue weighted by Gasteiger charge is -2.10. The van der Waals surface area contributed by atoms with Crippen molar-refractivity contribution in [1.82, 2.24) is 4.98 Å². The second-order valence-electron chi connectivity index (χ2n) is 2.30. The van der Waals surface area contributed by atoms with E-state index < -0.39 is 12.2 Å². The van der Waals surface area contributed by atoms with Crippen LogP contribution in [0.25, 0.3) is 0 Å². The van der Waals surface area contributed by atoms with E-state index in [9.17, 15) is 13.2 Å². The molecule has 0 fully saturated rings. The molecule has 14 heavy (non-hydrogen) atoms. The second-order valence-corrected chi connectivity index (χ2v) is 3.37. The lowest BCUT2D eigenvalue weighted by atomic mass is 10.3. The Labute approximate surface area is 91.0 Å². The van der Waals surface area contributed by atoms with Crippen molar-refractivity contribution in [3.8, 4) is 5.88 Å². The van der Waals surface area contributed by atoms with Gasteiger partial charge in [0.1, 0.15) is 0 Å². The molecule has 0 unspecified atom stereocenters. The third-order valence-corrected chi connectivity index (χ3v) is 2.47. The molecule has 7 heteroatoms. The molecule has 1 rings (SSSR count). The first-order chi connectivity index (χ1) is 6.44. The number of halogens is 4. The molecule has 0 saturated carbocycles. The molecule has 0 saturated heterocycles. The second kappa shape index (κ2) is 4.30. The van der Waals surface area contributed by atoms with Crippen LogP contribution in [0, 0.1) is 3.57 Å². The minimum Gasteiger partial charge on any atom is -0.392 e. The van der Waals surface area contributed by atoms with E-state index in [1.165, 1.54) is 6.07 Å². The molecular weight excluding hydrogens is 314 g/mol. The summed E-state index contributed by atoms with van der Waals surface area (Å²) in [6.07, 6.45) is -3.62.